The van der Waals surface area contributed by atoms with Gasteiger partial charge in [-0.25, -0.2) is 19.7 Å². The van der Waals surface area contributed by atoms with E-state index in [2.05, 4.69) is 22.2 Å². The molecule has 0 saturated heterocycles. The second kappa shape index (κ2) is 8.71. The van der Waals surface area contributed by atoms with Gasteiger partial charge in [0.25, 0.3) is 0 Å². The molecule has 0 saturated carbocycles. The first-order valence-corrected chi connectivity index (χ1v) is 10.1. The summed E-state index contributed by atoms with van der Waals surface area (Å²) in [5.74, 6) is 0.608. The van der Waals surface area contributed by atoms with Crippen LogP contribution in [0.3, 0.4) is 0 Å². The van der Waals surface area contributed by atoms with Crippen LogP contribution >= 0.6 is 11.3 Å². The maximum absolute atomic E-state index is 10.9. The van der Waals surface area contributed by atoms with Crippen LogP contribution in [-0.4, -0.2) is 26.0 Å². The van der Waals surface area contributed by atoms with E-state index in [1.54, 1.807) is 24.4 Å². The maximum atomic E-state index is 10.9. The monoisotopic (exact) mass is 418 g/mol. The number of anilines is 2. The Morgan fingerprint density at radius 1 is 1.10 bits per heavy atom. The molecular formula is C22H18N4O3S. The molecule has 0 amide bonds. The highest BCUT2D eigenvalue weighted by Gasteiger charge is 2.15. The van der Waals surface area contributed by atoms with Crippen molar-refractivity contribution in [2.75, 3.05) is 5.32 Å². The molecule has 2 N–H and O–H groups in total. The summed E-state index contributed by atoms with van der Waals surface area (Å²) in [5, 5.41) is 13.7. The standard InChI is InChI=1S/C22H18N4O3S/c1-2-19-26-20(14-6-4-3-5-7-14)22(30-19)29-16-10-11-23-18(12-16)25-17-9-8-15(13-24-17)21(27)28/h3-13H,2H2,1H3,(H,27,28)(H,23,24,25). The summed E-state index contributed by atoms with van der Waals surface area (Å²) in [5.41, 5.74) is 1.93. The average Bonchev–Trinajstić information content (AvgIpc) is 3.18. The number of aromatic carboxylic acids is 1. The van der Waals surface area contributed by atoms with Gasteiger partial charge in [0.05, 0.1) is 10.6 Å². The number of aryl methyl sites for hydroxylation is 1. The van der Waals surface area contributed by atoms with Crippen molar-refractivity contribution in [3.63, 3.8) is 0 Å². The van der Waals surface area contributed by atoms with Crippen LogP contribution in [0.5, 0.6) is 10.8 Å². The van der Waals surface area contributed by atoms with E-state index >= 15 is 0 Å². The van der Waals surface area contributed by atoms with Gasteiger partial charge in [-0.05, 0) is 24.6 Å². The molecule has 0 fully saturated rings. The highest BCUT2D eigenvalue weighted by atomic mass is 32.1. The molecule has 0 aliphatic heterocycles. The van der Waals surface area contributed by atoms with Crippen molar-refractivity contribution in [1.82, 2.24) is 15.0 Å². The molecule has 0 bridgehead atoms. The Morgan fingerprint density at radius 2 is 1.93 bits per heavy atom. The van der Waals surface area contributed by atoms with Gasteiger partial charge in [0.15, 0.2) is 0 Å². The summed E-state index contributed by atoms with van der Waals surface area (Å²) < 4.78 is 6.15. The van der Waals surface area contributed by atoms with Crippen LogP contribution < -0.4 is 10.1 Å². The number of nitrogens with one attached hydrogen (secondary N) is 1. The third-order valence-electron chi connectivity index (χ3n) is 4.20. The zero-order chi connectivity index (χ0) is 20.9. The van der Waals surface area contributed by atoms with Gasteiger partial charge < -0.3 is 15.2 Å². The number of carboxylic acid groups (broad SMARTS) is 1. The number of hydrogen-bond acceptors (Lipinski definition) is 7. The Morgan fingerprint density at radius 3 is 2.63 bits per heavy atom. The minimum atomic E-state index is -1.02. The topological polar surface area (TPSA) is 97.2 Å². The lowest BCUT2D eigenvalue weighted by atomic mass is 10.2. The number of aromatic nitrogens is 3. The third kappa shape index (κ3) is 4.44. The SMILES string of the molecule is CCc1nc(-c2ccccc2)c(Oc2ccnc(Nc3ccc(C(=O)O)cn3)c2)s1. The van der Waals surface area contributed by atoms with E-state index < -0.39 is 5.97 Å². The zero-order valence-corrected chi connectivity index (χ0v) is 16.9. The predicted molar refractivity (Wildman–Crippen MR) is 116 cm³/mol. The number of ether oxygens (including phenoxy) is 1. The van der Waals surface area contributed by atoms with Crippen LogP contribution in [0.2, 0.25) is 0 Å². The van der Waals surface area contributed by atoms with Crippen molar-refractivity contribution in [2.24, 2.45) is 0 Å². The molecule has 0 radical (unpaired) electrons. The highest BCUT2D eigenvalue weighted by Crippen LogP contribution is 2.38. The quantitative estimate of drug-likeness (QED) is 0.415. The lowest BCUT2D eigenvalue weighted by Crippen LogP contribution is -2.00. The number of rotatable bonds is 7. The third-order valence-corrected chi connectivity index (χ3v) is 5.28. The van der Waals surface area contributed by atoms with E-state index in [4.69, 9.17) is 14.8 Å². The Balaban J connectivity index is 1.56. The Bertz CT molecular complexity index is 1160. The van der Waals surface area contributed by atoms with E-state index in [9.17, 15) is 4.79 Å². The van der Waals surface area contributed by atoms with E-state index in [-0.39, 0.29) is 5.56 Å². The molecule has 3 aromatic heterocycles. The van der Waals surface area contributed by atoms with E-state index in [0.717, 1.165) is 27.7 Å². The van der Waals surface area contributed by atoms with Crippen molar-refractivity contribution in [1.29, 1.82) is 0 Å². The van der Waals surface area contributed by atoms with E-state index in [1.807, 2.05) is 30.3 Å². The maximum Gasteiger partial charge on any atom is 0.337 e. The van der Waals surface area contributed by atoms with Gasteiger partial charge in [-0.2, -0.15) is 0 Å². The van der Waals surface area contributed by atoms with Crippen LogP contribution in [0.1, 0.15) is 22.3 Å². The molecule has 3 heterocycles. The van der Waals surface area contributed by atoms with Crippen LogP contribution in [-0.2, 0) is 6.42 Å². The Hall–Kier alpha value is -3.78. The minimum absolute atomic E-state index is 0.121. The van der Waals surface area contributed by atoms with Crippen LogP contribution in [0, 0.1) is 0 Å². The molecule has 30 heavy (non-hydrogen) atoms. The molecule has 0 aliphatic rings. The van der Waals surface area contributed by atoms with Crippen LogP contribution in [0.15, 0.2) is 67.0 Å². The molecule has 8 heteroatoms. The van der Waals surface area contributed by atoms with E-state index in [1.165, 1.54) is 23.6 Å². The second-order valence-corrected chi connectivity index (χ2v) is 7.35. The summed E-state index contributed by atoms with van der Waals surface area (Å²) in [4.78, 5) is 24.0. The van der Waals surface area contributed by atoms with Crippen molar-refractivity contribution >= 4 is 28.9 Å². The number of thiazole rings is 1. The number of pyridine rings is 2. The van der Waals surface area contributed by atoms with Gasteiger partial charge in [-0.1, -0.05) is 48.6 Å². The van der Waals surface area contributed by atoms with Gasteiger partial charge in [0.2, 0.25) is 5.06 Å². The first kappa shape index (κ1) is 19.5. The fraction of sp³-hybridized carbons (Fsp3) is 0.0909. The van der Waals surface area contributed by atoms with Gasteiger partial charge in [0, 0.05) is 24.0 Å². The van der Waals surface area contributed by atoms with Crippen molar-refractivity contribution in [2.45, 2.75) is 13.3 Å². The summed E-state index contributed by atoms with van der Waals surface area (Å²) >= 11 is 1.52. The molecule has 7 nitrogen and oxygen atoms in total. The van der Waals surface area contributed by atoms with Crippen LogP contribution in [0.25, 0.3) is 11.3 Å². The summed E-state index contributed by atoms with van der Waals surface area (Å²) in [6.07, 6.45) is 3.75. The van der Waals surface area contributed by atoms with Crippen LogP contribution in [0.4, 0.5) is 11.6 Å². The summed E-state index contributed by atoms with van der Waals surface area (Å²) in [7, 11) is 0. The van der Waals surface area contributed by atoms with Gasteiger partial charge >= 0.3 is 5.97 Å². The number of carbonyl (C=O) groups is 1. The molecule has 0 aliphatic carbocycles. The smallest absolute Gasteiger partial charge is 0.337 e. The molecule has 4 rings (SSSR count). The number of carboxylic acids is 1. The van der Waals surface area contributed by atoms with Crippen molar-refractivity contribution in [3.05, 3.63) is 77.6 Å². The predicted octanol–water partition coefficient (Wildman–Crippen LogP) is 5.40. The Kier molecular flexibility index (Phi) is 5.67. The summed E-state index contributed by atoms with van der Waals surface area (Å²) in [6.45, 7) is 2.06. The minimum Gasteiger partial charge on any atom is -0.478 e. The molecule has 0 spiro atoms. The highest BCUT2D eigenvalue weighted by molar-refractivity contribution is 7.14. The van der Waals surface area contributed by atoms with Gasteiger partial charge in [-0.3, -0.25) is 0 Å². The number of hydrogen-bond donors (Lipinski definition) is 2. The normalized spacial score (nSPS) is 10.6. The lowest BCUT2D eigenvalue weighted by Gasteiger charge is -2.08. The molecule has 1 aromatic carbocycles. The van der Waals surface area contributed by atoms with Gasteiger partial charge in [0.1, 0.15) is 23.1 Å². The first-order chi connectivity index (χ1) is 14.6. The molecule has 150 valence electrons. The largest absolute Gasteiger partial charge is 0.478 e. The second-order valence-electron chi connectivity index (χ2n) is 6.30. The lowest BCUT2D eigenvalue weighted by molar-refractivity contribution is 0.0696. The summed E-state index contributed by atoms with van der Waals surface area (Å²) in [6, 6.07) is 16.5. The van der Waals surface area contributed by atoms with Crippen molar-refractivity contribution in [3.8, 4) is 22.1 Å². The van der Waals surface area contributed by atoms with E-state index in [0.29, 0.717) is 17.4 Å². The fourth-order valence-electron chi connectivity index (χ4n) is 2.72. The van der Waals surface area contributed by atoms with Gasteiger partial charge in [-0.15, -0.1) is 0 Å². The molecule has 0 unspecified atom stereocenters. The zero-order valence-electron chi connectivity index (χ0n) is 16.1. The first-order valence-electron chi connectivity index (χ1n) is 9.28. The Labute approximate surface area is 177 Å². The molecular weight excluding hydrogens is 400 g/mol. The number of benzene rings is 1. The number of nitrogens with zero attached hydrogens (tertiary/aromatic N) is 3. The van der Waals surface area contributed by atoms with Crippen molar-refractivity contribution < 1.29 is 14.6 Å². The molecule has 0 atom stereocenters. The fourth-order valence-corrected chi connectivity index (χ4v) is 3.62. The molecule has 4 aromatic rings. The average molecular weight is 418 g/mol.